The maximum atomic E-state index is 5.54. The van der Waals surface area contributed by atoms with Crippen molar-refractivity contribution >= 4 is 103 Å². The molecule has 0 unspecified atom stereocenters. The molecule has 13 aromatic rings. The van der Waals surface area contributed by atoms with Gasteiger partial charge in [0.05, 0.1) is 33.1 Å². The van der Waals surface area contributed by atoms with Gasteiger partial charge in [-0.25, -0.2) is 9.97 Å². The molecule has 4 aromatic heterocycles. The first-order valence-electron chi connectivity index (χ1n) is 18.5. The maximum absolute atomic E-state index is 5.54. The molecule has 0 aliphatic carbocycles. The molecular weight excluding hydrogens is 657 g/mol. The fourth-order valence-electron chi connectivity index (χ4n) is 9.49. The summed E-state index contributed by atoms with van der Waals surface area (Å²) in [5.74, 6) is 1.59. The Morgan fingerprint density at radius 1 is 0.352 bits per heavy atom. The SMILES string of the molecule is c1ccc2c(c1)ccc1cc(-c3nc(-n4c5ccccc5c5cc6c7ccc8ccccc8c7n7c8ccccc8c(c54)c67)c4ccccc4n3)ccc12. The third kappa shape index (κ3) is 3.57. The molecule has 4 heteroatoms. The summed E-state index contributed by atoms with van der Waals surface area (Å²) in [6.07, 6.45) is 0. The normalized spacial score (nSPS) is 12.4. The number of hydrogen-bond acceptors (Lipinski definition) is 2. The van der Waals surface area contributed by atoms with Gasteiger partial charge in [-0.1, -0.05) is 133 Å². The van der Waals surface area contributed by atoms with Crippen molar-refractivity contribution < 1.29 is 0 Å². The van der Waals surface area contributed by atoms with E-state index < -0.39 is 0 Å². The van der Waals surface area contributed by atoms with Crippen LogP contribution in [0.3, 0.4) is 0 Å². The Bertz CT molecular complexity index is 3740. The fourth-order valence-corrected chi connectivity index (χ4v) is 9.49. The van der Waals surface area contributed by atoms with Crippen molar-refractivity contribution in [1.82, 2.24) is 18.9 Å². The van der Waals surface area contributed by atoms with E-state index in [1.807, 2.05) is 0 Å². The van der Waals surface area contributed by atoms with Crippen molar-refractivity contribution in [3.05, 3.63) is 170 Å². The largest absolute Gasteiger partial charge is 0.307 e. The van der Waals surface area contributed by atoms with E-state index in [4.69, 9.17) is 9.97 Å². The molecule has 0 spiro atoms. The highest BCUT2D eigenvalue weighted by Gasteiger charge is 2.26. The summed E-state index contributed by atoms with van der Waals surface area (Å²) in [4.78, 5) is 10.8. The minimum atomic E-state index is 0.711. The van der Waals surface area contributed by atoms with Gasteiger partial charge in [0.1, 0.15) is 5.82 Å². The zero-order chi connectivity index (χ0) is 35.1. The van der Waals surface area contributed by atoms with Gasteiger partial charge in [-0.15, -0.1) is 0 Å². The molecule has 0 amide bonds. The summed E-state index contributed by atoms with van der Waals surface area (Å²) in [7, 11) is 0. The third-order valence-corrected chi connectivity index (χ3v) is 11.8. The van der Waals surface area contributed by atoms with Gasteiger partial charge in [-0.3, -0.25) is 4.57 Å². The lowest BCUT2D eigenvalue weighted by Crippen LogP contribution is -2.03. The van der Waals surface area contributed by atoms with Gasteiger partial charge in [0.25, 0.3) is 0 Å². The van der Waals surface area contributed by atoms with Crippen LogP contribution in [0, 0.1) is 0 Å². The Labute approximate surface area is 308 Å². The molecule has 0 aliphatic rings. The van der Waals surface area contributed by atoms with Gasteiger partial charge in [-0.2, -0.15) is 0 Å². The molecule has 54 heavy (non-hydrogen) atoms. The molecule has 0 bridgehead atoms. The van der Waals surface area contributed by atoms with Crippen molar-refractivity contribution in [1.29, 1.82) is 0 Å². The number of aromatic nitrogens is 4. The lowest BCUT2D eigenvalue weighted by atomic mass is 10.00. The predicted octanol–water partition coefficient (Wildman–Crippen LogP) is 13.0. The molecule has 13 rings (SSSR count). The average molecular weight is 685 g/mol. The molecule has 0 fully saturated rings. The van der Waals surface area contributed by atoms with E-state index in [-0.39, 0.29) is 0 Å². The highest BCUT2D eigenvalue weighted by atomic mass is 15.1. The van der Waals surface area contributed by atoms with Gasteiger partial charge in [0, 0.05) is 48.7 Å². The summed E-state index contributed by atoms with van der Waals surface area (Å²) in [6, 6.07) is 61.6. The van der Waals surface area contributed by atoms with Gasteiger partial charge >= 0.3 is 0 Å². The van der Waals surface area contributed by atoms with Crippen LogP contribution in [0.5, 0.6) is 0 Å². The number of fused-ring (bicyclic) bond motifs is 16. The van der Waals surface area contributed by atoms with Crippen LogP contribution in [0.2, 0.25) is 0 Å². The van der Waals surface area contributed by atoms with E-state index in [0.29, 0.717) is 5.82 Å². The van der Waals surface area contributed by atoms with Crippen LogP contribution < -0.4 is 0 Å². The van der Waals surface area contributed by atoms with Crippen LogP contribution in [-0.2, 0) is 0 Å². The lowest BCUT2D eigenvalue weighted by molar-refractivity contribution is 1.08. The van der Waals surface area contributed by atoms with Gasteiger partial charge < -0.3 is 4.40 Å². The number of hydrogen-bond donors (Lipinski definition) is 0. The molecule has 248 valence electrons. The monoisotopic (exact) mass is 684 g/mol. The van der Waals surface area contributed by atoms with E-state index >= 15 is 0 Å². The average Bonchev–Trinajstić information content (AvgIpc) is 3.87. The zero-order valence-corrected chi connectivity index (χ0v) is 29.0. The standard InChI is InChI=1S/C50H28N4/c1-3-13-33-29(11-1)21-22-31-27-32(24-25-34(31)33)49-51-42-18-8-5-16-38(42)50(52-49)54-43-19-9-6-15-36(43)40-28-41-37-26-23-30-12-2-4-14-35(30)46(37)53-44-20-10-7-17-39(44)45(47(41)53)48(40)54/h1-28H. The smallest absolute Gasteiger partial charge is 0.162 e. The maximum Gasteiger partial charge on any atom is 0.162 e. The van der Waals surface area contributed by atoms with E-state index in [0.717, 1.165) is 27.8 Å². The minimum absolute atomic E-state index is 0.711. The van der Waals surface area contributed by atoms with Gasteiger partial charge in [0.15, 0.2) is 5.82 Å². The number of para-hydroxylation sites is 3. The Morgan fingerprint density at radius 3 is 1.83 bits per heavy atom. The highest BCUT2D eigenvalue weighted by Crippen LogP contribution is 2.48. The molecule has 0 saturated heterocycles. The van der Waals surface area contributed by atoms with Crippen molar-refractivity contribution in [2.45, 2.75) is 0 Å². The van der Waals surface area contributed by atoms with E-state index in [2.05, 4.69) is 179 Å². The highest BCUT2D eigenvalue weighted by molar-refractivity contribution is 6.35. The van der Waals surface area contributed by atoms with Crippen LogP contribution in [0.4, 0.5) is 0 Å². The Hall–Kier alpha value is -7.30. The second-order valence-corrected chi connectivity index (χ2v) is 14.5. The fraction of sp³-hybridized carbons (Fsp3) is 0. The molecule has 4 nitrogen and oxygen atoms in total. The quantitative estimate of drug-likeness (QED) is 0.170. The first kappa shape index (κ1) is 28.3. The van der Waals surface area contributed by atoms with Crippen LogP contribution >= 0.6 is 0 Å². The van der Waals surface area contributed by atoms with Crippen molar-refractivity contribution in [2.24, 2.45) is 0 Å². The van der Waals surface area contributed by atoms with E-state index in [9.17, 15) is 0 Å². The second kappa shape index (κ2) is 10.2. The molecular formula is C50H28N4. The first-order valence-corrected chi connectivity index (χ1v) is 18.5. The summed E-state index contributed by atoms with van der Waals surface area (Å²) in [5.41, 5.74) is 7.93. The first-order chi connectivity index (χ1) is 26.8. The molecule has 0 saturated carbocycles. The van der Waals surface area contributed by atoms with Crippen LogP contribution in [-0.4, -0.2) is 18.9 Å². The predicted molar refractivity (Wildman–Crippen MR) is 226 cm³/mol. The van der Waals surface area contributed by atoms with Gasteiger partial charge in [-0.05, 0) is 63.3 Å². The molecule has 0 N–H and O–H groups in total. The summed E-state index contributed by atoms with van der Waals surface area (Å²) in [5, 5.41) is 15.9. The second-order valence-electron chi connectivity index (χ2n) is 14.5. The Morgan fingerprint density at radius 2 is 0.963 bits per heavy atom. The summed E-state index contributed by atoms with van der Waals surface area (Å²) >= 11 is 0. The summed E-state index contributed by atoms with van der Waals surface area (Å²) in [6.45, 7) is 0. The van der Waals surface area contributed by atoms with Crippen LogP contribution in [0.1, 0.15) is 0 Å². The van der Waals surface area contributed by atoms with E-state index in [1.165, 1.54) is 86.7 Å². The molecule has 9 aromatic carbocycles. The van der Waals surface area contributed by atoms with Crippen molar-refractivity contribution in [3.63, 3.8) is 0 Å². The minimum Gasteiger partial charge on any atom is -0.307 e. The number of nitrogens with zero attached hydrogens (tertiary/aromatic N) is 4. The zero-order valence-electron chi connectivity index (χ0n) is 29.0. The van der Waals surface area contributed by atoms with E-state index in [1.54, 1.807) is 0 Å². The number of rotatable bonds is 2. The molecule has 0 aliphatic heterocycles. The Balaban J connectivity index is 1.20. The van der Waals surface area contributed by atoms with Crippen molar-refractivity contribution in [3.8, 4) is 17.2 Å². The van der Waals surface area contributed by atoms with Crippen LogP contribution in [0.25, 0.3) is 120 Å². The van der Waals surface area contributed by atoms with Crippen molar-refractivity contribution in [2.75, 3.05) is 0 Å². The molecule has 4 heterocycles. The van der Waals surface area contributed by atoms with Gasteiger partial charge in [0.2, 0.25) is 0 Å². The molecule has 0 atom stereocenters. The Kier molecular flexibility index (Phi) is 5.34. The topological polar surface area (TPSA) is 35.1 Å². The summed E-state index contributed by atoms with van der Waals surface area (Å²) < 4.78 is 4.94. The third-order valence-electron chi connectivity index (χ3n) is 11.8. The molecule has 0 radical (unpaired) electrons. The number of benzene rings is 9. The van der Waals surface area contributed by atoms with Crippen LogP contribution in [0.15, 0.2) is 170 Å². The lowest BCUT2D eigenvalue weighted by Gasteiger charge is -2.14.